The number of methoxy groups -OCH3 is 1. The molecule has 3 nitrogen and oxygen atoms in total. The molecule has 2 rings (SSSR count). The van der Waals surface area contributed by atoms with Gasteiger partial charge in [0, 0.05) is 12.5 Å². The lowest BCUT2D eigenvalue weighted by Gasteiger charge is -2.24. The van der Waals surface area contributed by atoms with Gasteiger partial charge in [-0.1, -0.05) is 30.3 Å². The first-order valence-electron chi connectivity index (χ1n) is 6.85. The number of aliphatic hydroxyl groups excluding tert-OH is 1. The Morgan fingerprint density at radius 2 is 1.95 bits per heavy atom. The van der Waals surface area contributed by atoms with Crippen LogP contribution in [0.1, 0.15) is 28.7 Å². The minimum atomic E-state index is -0.814. The van der Waals surface area contributed by atoms with Crippen LogP contribution in [0.2, 0.25) is 0 Å². The van der Waals surface area contributed by atoms with Crippen molar-refractivity contribution in [1.29, 1.82) is 0 Å². The Balaban J connectivity index is 2.37. The highest BCUT2D eigenvalue weighted by atomic mass is 19.1. The lowest BCUT2D eigenvalue weighted by molar-refractivity contribution is 0.146. The van der Waals surface area contributed by atoms with Crippen molar-refractivity contribution in [3.8, 4) is 5.75 Å². The molecule has 2 aromatic rings. The number of benzene rings is 2. The molecule has 4 heteroatoms. The maximum Gasteiger partial charge on any atom is 0.165 e. The molecule has 0 bridgehead atoms. The van der Waals surface area contributed by atoms with Crippen molar-refractivity contribution < 1.29 is 14.2 Å². The van der Waals surface area contributed by atoms with Crippen LogP contribution in [0.3, 0.4) is 0 Å². The highest BCUT2D eigenvalue weighted by Crippen LogP contribution is 2.33. The van der Waals surface area contributed by atoms with Gasteiger partial charge in [-0.25, -0.2) is 4.39 Å². The molecule has 112 valence electrons. The third-order valence-electron chi connectivity index (χ3n) is 3.74. The molecule has 0 aliphatic carbocycles. The summed E-state index contributed by atoms with van der Waals surface area (Å²) in [6.07, 6.45) is -0.814. The van der Waals surface area contributed by atoms with E-state index in [0.29, 0.717) is 12.1 Å². The summed E-state index contributed by atoms with van der Waals surface area (Å²) in [5.41, 5.74) is 8.50. The van der Waals surface area contributed by atoms with E-state index >= 15 is 0 Å². The van der Waals surface area contributed by atoms with Gasteiger partial charge in [0.05, 0.1) is 13.2 Å². The van der Waals surface area contributed by atoms with Gasteiger partial charge in [0.1, 0.15) is 0 Å². The molecule has 0 amide bonds. The molecule has 0 aliphatic rings. The SMILES string of the molecule is COc1cc(C(O)C(CN)c2ccccc2C)ccc1F. The zero-order valence-electron chi connectivity index (χ0n) is 12.2. The van der Waals surface area contributed by atoms with Crippen molar-refractivity contribution in [2.45, 2.75) is 18.9 Å². The molecular weight excluding hydrogens is 269 g/mol. The lowest BCUT2D eigenvalue weighted by atomic mass is 9.87. The number of nitrogens with two attached hydrogens (primary N) is 1. The number of rotatable bonds is 5. The average Bonchev–Trinajstić information content (AvgIpc) is 2.50. The van der Waals surface area contributed by atoms with Crippen LogP contribution in [0.15, 0.2) is 42.5 Å². The Kier molecular flexibility index (Phi) is 4.94. The van der Waals surface area contributed by atoms with Crippen molar-refractivity contribution in [3.05, 3.63) is 65.0 Å². The van der Waals surface area contributed by atoms with Crippen LogP contribution in [-0.4, -0.2) is 18.8 Å². The average molecular weight is 289 g/mol. The van der Waals surface area contributed by atoms with E-state index in [1.165, 1.54) is 19.2 Å². The number of aliphatic hydroxyl groups is 1. The third-order valence-corrected chi connectivity index (χ3v) is 3.74. The summed E-state index contributed by atoms with van der Waals surface area (Å²) >= 11 is 0. The number of ether oxygens (including phenoxy) is 1. The van der Waals surface area contributed by atoms with Gasteiger partial charge in [-0.15, -0.1) is 0 Å². The third kappa shape index (κ3) is 3.23. The Bertz CT molecular complexity index is 615. The molecule has 0 saturated heterocycles. The molecule has 3 N–H and O–H groups in total. The highest BCUT2D eigenvalue weighted by molar-refractivity contribution is 5.36. The fraction of sp³-hybridized carbons (Fsp3) is 0.294. The molecular formula is C17H20FNO2. The Morgan fingerprint density at radius 3 is 2.57 bits per heavy atom. The predicted octanol–water partition coefficient (Wildman–Crippen LogP) is 2.92. The van der Waals surface area contributed by atoms with Crippen LogP contribution in [0, 0.1) is 12.7 Å². The van der Waals surface area contributed by atoms with E-state index in [9.17, 15) is 9.50 Å². The van der Waals surface area contributed by atoms with Gasteiger partial charge in [-0.3, -0.25) is 0 Å². The zero-order valence-corrected chi connectivity index (χ0v) is 12.2. The van der Waals surface area contributed by atoms with Crippen molar-refractivity contribution in [2.24, 2.45) is 5.73 Å². The largest absolute Gasteiger partial charge is 0.494 e. The topological polar surface area (TPSA) is 55.5 Å². The van der Waals surface area contributed by atoms with Gasteiger partial charge >= 0.3 is 0 Å². The summed E-state index contributed by atoms with van der Waals surface area (Å²) in [6, 6.07) is 12.2. The summed E-state index contributed by atoms with van der Waals surface area (Å²) in [6.45, 7) is 2.28. The summed E-state index contributed by atoms with van der Waals surface area (Å²) in [5, 5.41) is 10.6. The van der Waals surface area contributed by atoms with Gasteiger partial charge in [0.15, 0.2) is 11.6 Å². The monoisotopic (exact) mass is 289 g/mol. The number of hydrogen-bond acceptors (Lipinski definition) is 3. The molecule has 21 heavy (non-hydrogen) atoms. The van der Waals surface area contributed by atoms with Gasteiger partial charge in [-0.05, 0) is 35.7 Å². The predicted molar refractivity (Wildman–Crippen MR) is 80.9 cm³/mol. The molecule has 0 aliphatic heterocycles. The van der Waals surface area contributed by atoms with Crippen LogP contribution in [0.25, 0.3) is 0 Å². The fourth-order valence-corrected chi connectivity index (χ4v) is 2.52. The van der Waals surface area contributed by atoms with Gasteiger partial charge < -0.3 is 15.6 Å². The lowest BCUT2D eigenvalue weighted by Crippen LogP contribution is -2.21. The van der Waals surface area contributed by atoms with Crippen molar-refractivity contribution >= 4 is 0 Å². The van der Waals surface area contributed by atoms with E-state index in [-0.39, 0.29) is 11.7 Å². The van der Waals surface area contributed by atoms with E-state index in [1.54, 1.807) is 6.07 Å². The summed E-state index contributed by atoms with van der Waals surface area (Å²) in [7, 11) is 1.40. The first-order valence-corrected chi connectivity index (χ1v) is 6.85. The number of halogens is 1. The quantitative estimate of drug-likeness (QED) is 0.890. The minimum Gasteiger partial charge on any atom is -0.494 e. The van der Waals surface area contributed by atoms with Crippen LogP contribution in [-0.2, 0) is 0 Å². The molecule has 2 atom stereocenters. The minimum absolute atomic E-state index is 0.118. The van der Waals surface area contributed by atoms with Gasteiger partial charge in [0.2, 0.25) is 0 Å². The number of aryl methyl sites for hydroxylation is 1. The second-order valence-corrected chi connectivity index (χ2v) is 5.04. The highest BCUT2D eigenvalue weighted by Gasteiger charge is 2.23. The maximum absolute atomic E-state index is 13.5. The van der Waals surface area contributed by atoms with E-state index in [1.807, 2.05) is 31.2 Å². The first-order chi connectivity index (χ1) is 10.1. The molecule has 0 aromatic heterocycles. The standard InChI is InChI=1S/C17H20FNO2/c1-11-5-3-4-6-13(11)14(10-19)17(20)12-7-8-15(18)16(9-12)21-2/h3-9,14,17,20H,10,19H2,1-2H3. The fourth-order valence-electron chi connectivity index (χ4n) is 2.52. The van der Waals surface area contributed by atoms with E-state index in [2.05, 4.69) is 0 Å². The Morgan fingerprint density at radius 1 is 1.24 bits per heavy atom. The second kappa shape index (κ2) is 6.70. The van der Waals surface area contributed by atoms with Crippen LogP contribution in [0.5, 0.6) is 5.75 Å². The summed E-state index contributed by atoms with van der Waals surface area (Å²) < 4.78 is 18.4. The summed E-state index contributed by atoms with van der Waals surface area (Å²) in [5.74, 6) is -0.581. The van der Waals surface area contributed by atoms with Crippen LogP contribution in [0.4, 0.5) is 4.39 Å². The molecule has 0 heterocycles. The zero-order chi connectivity index (χ0) is 15.4. The Labute approximate surface area is 124 Å². The molecule has 0 radical (unpaired) electrons. The first kappa shape index (κ1) is 15.5. The van der Waals surface area contributed by atoms with E-state index < -0.39 is 11.9 Å². The maximum atomic E-state index is 13.5. The van der Waals surface area contributed by atoms with Crippen molar-refractivity contribution in [3.63, 3.8) is 0 Å². The smallest absolute Gasteiger partial charge is 0.165 e. The summed E-state index contributed by atoms with van der Waals surface area (Å²) in [4.78, 5) is 0. The van der Waals surface area contributed by atoms with Gasteiger partial charge in [0.25, 0.3) is 0 Å². The second-order valence-electron chi connectivity index (χ2n) is 5.04. The molecule has 0 saturated carbocycles. The normalized spacial score (nSPS) is 13.8. The number of hydrogen-bond donors (Lipinski definition) is 2. The molecule has 0 fully saturated rings. The van der Waals surface area contributed by atoms with Crippen molar-refractivity contribution in [2.75, 3.05) is 13.7 Å². The van der Waals surface area contributed by atoms with Crippen molar-refractivity contribution in [1.82, 2.24) is 0 Å². The molecule has 0 spiro atoms. The Hall–Kier alpha value is -1.91. The van der Waals surface area contributed by atoms with Gasteiger partial charge in [-0.2, -0.15) is 0 Å². The van der Waals surface area contributed by atoms with E-state index in [4.69, 9.17) is 10.5 Å². The van der Waals surface area contributed by atoms with Crippen LogP contribution < -0.4 is 10.5 Å². The van der Waals surface area contributed by atoms with Crippen LogP contribution >= 0.6 is 0 Å². The molecule has 2 unspecified atom stereocenters. The van der Waals surface area contributed by atoms with E-state index in [0.717, 1.165) is 11.1 Å². The molecule has 2 aromatic carbocycles.